The van der Waals surface area contributed by atoms with Gasteiger partial charge in [-0.25, -0.2) is 0 Å². The van der Waals surface area contributed by atoms with Gasteiger partial charge in [0.15, 0.2) is 0 Å². The highest BCUT2D eigenvalue weighted by atomic mass is 32.1. The van der Waals surface area contributed by atoms with Crippen LogP contribution >= 0.6 is 12.2 Å². The lowest BCUT2D eigenvalue weighted by Gasteiger charge is -2.15. The lowest BCUT2D eigenvalue weighted by atomic mass is 10.3. The Morgan fingerprint density at radius 3 is 2.94 bits per heavy atom. The summed E-state index contributed by atoms with van der Waals surface area (Å²) in [6.45, 7) is 2.86. The molecule has 1 rings (SSSR count). The molecule has 0 saturated heterocycles. The van der Waals surface area contributed by atoms with Gasteiger partial charge < -0.3 is 16.0 Å². The van der Waals surface area contributed by atoms with E-state index in [2.05, 4.69) is 10.3 Å². The van der Waals surface area contributed by atoms with Crippen LogP contribution in [0.1, 0.15) is 12.6 Å². The minimum absolute atomic E-state index is 0.0289. The van der Waals surface area contributed by atoms with Crippen molar-refractivity contribution in [3.63, 3.8) is 0 Å². The molecular formula is C11H16N4OS. The first kappa shape index (κ1) is 13.4. The molecule has 92 valence electrons. The van der Waals surface area contributed by atoms with Crippen LogP contribution in [-0.4, -0.2) is 40.9 Å². The molecule has 1 amide bonds. The molecule has 1 aromatic rings. The molecule has 3 N–H and O–H groups in total. The van der Waals surface area contributed by atoms with Gasteiger partial charge in [-0.15, -0.1) is 0 Å². The Morgan fingerprint density at radius 1 is 1.65 bits per heavy atom. The third kappa shape index (κ3) is 3.99. The van der Waals surface area contributed by atoms with Gasteiger partial charge >= 0.3 is 0 Å². The number of aromatic nitrogens is 1. The average molecular weight is 252 g/mol. The zero-order valence-electron chi connectivity index (χ0n) is 9.93. The van der Waals surface area contributed by atoms with E-state index in [0.717, 1.165) is 5.69 Å². The summed E-state index contributed by atoms with van der Waals surface area (Å²) in [6, 6.07) is 3.49. The number of nitrogens with two attached hydrogens (primary N) is 1. The van der Waals surface area contributed by atoms with E-state index in [4.69, 9.17) is 18.0 Å². The van der Waals surface area contributed by atoms with E-state index in [0.29, 0.717) is 12.2 Å². The minimum Gasteiger partial charge on any atom is -0.388 e. The molecule has 0 aliphatic carbocycles. The van der Waals surface area contributed by atoms with Crippen molar-refractivity contribution in [1.82, 2.24) is 9.88 Å². The van der Waals surface area contributed by atoms with Crippen LogP contribution in [-0.2, 0) is 4.79 Å². The molecule has 0 saturated carbocycles. The molecule has 0 aromatic carbocycles. The number of hydrogen-bond acceptors (Lipinski definition) is 4. The highest BCUT2D eigenvalue weighted by Gasteiger charge is 2.06. The van der Waals surface area contributed by atoms with Crippen LogP contribution in [0.5, 0.6) is 0 Å². The number of hydrogen-bond donors (Lipinski definition) is 2. The topological polar surface area (TPSA) is 71.2 Å². The number of thiocarbonyl (C=S) groups is 1. The van der Waals surface area contributed by atoms with E-state index in [1.807, 2.05) is 6.92 Å². The van der Waals surface area contributed by atoms with Gasteiger partial charge in [0.05, 0.1) is 12.2 Å². The number of anilines is 1. The Balaban J connectivity index is 2.60. The number of rotatable bonds is 5. The van der Waals surface area contributed by atoms with Crippen molar-refractivity contribution in [1.29, 1.82) is 0 Å². The fourth-order valence-electron chi connectivity index (χ4n) is 1.16. The predicted molar refractivity (Wildman–Crippen MR) is 71.9 cm³/mol. The maximum Gasteiger partial charge on any atom is 0.241 e. The first-order valence-corrected chi connectivity index (χ1v) is 5.69. The highest BCUT2D eigenvalue weighted by molar-refractivity contribution is 7.80. The van der Waals surface area contributed by atoms with Crippen LogP contribution in [0.4, 0.5) is 5.69 Å². The zero-order valence-corrected chi connectivity index (χ0v) is 10.8. The van der Waals surface area contributed by atoms with Crippen molar-refractivity contribution in [2.75, 3.05) is 25.5 Å². The molecule has 0 aliphatic heterocycles. The van der Waals surface area contributed by atoms with Crippen molar-refractivity contribution >= 4 is 28.8 Å². The predicted octanol–water partition coefficient (Wildman–Crippen LogP) is 0.606. The summed E-state index contributed by atoms with van der Waals surface area (Å²) in [6.07, 6.45) is 1.60. The van der Waals surface area contributed by atoms with Crippen LogP contribution in [0.25, 0.3) is 0 Å². The van der Waals surface area contributed by atoms with Crippen LogP contribution in [0.15, 0.2) is 18.3 Å². The summed E-state index contributed by atoms with van der Waals surface area (Å²) in [5, 5.41) is 3.01. The van der Waals surface area contributed by atoms with Crippen LogP contribution < -0.4 is 11.1 Å². The first-order chi connectivity index (χ1) is 8.04. The molecule has 0 spiro atoms. The van der Waals surface area contributed by atoms with Gasteiger partial charge in [0, 0.05) is 25.5 Å². The first-order valence-electron chi connectivity index (χ1n) is 5.28. The molecule has 0 radical (unpaired) electrons. The third-order valence-corrected chi connectivity index (χ3v) is 2.57. The summed E-state index contributed by atoms with van der Waals surface area (Å²) in [5.74, 6) is 0.0289. The normalized spacial score (nSPS) is 9.76. The maximum absolute atomic E-state index is 11.6. The fraction of sp³-hybridized carbons (Fsp3) is 0.364. The fourth-order valence-corrected chi connectivity index (χ4v) is 1.28. The molecular weight excluding hydrogens is 236 g/mol. The van der Waals surface area contributed by atoms with Crippen LogP contribution in [0.3, 0.4) is 0 Å². The van der Waals surface area contributed by atoms with E-state index in [1.54, 1.807) is 30.3 Å². The van der Waals surface area contributed by atoms with Gasteiger partial charge in [-0.05, 0) is 19.1 Å². The van der Waals surface area contributed by atoms with E-state index in [-0.39, 0.29) is 17.4 Å². The average Bonchev–Trinajstić information content (AvgIpc) is 2.35. The van der Waals surface area contributed by atoms with Gasteiger partial charge in [0.25, 0.3) is 0 Å². The summed E-state index contributed by atoms with van der Waals surface area (Å²) >= 11 is 4.83. The Labute approximate surface area is 106 Å². The number of nitrogens with one attached hydrogen (secondary N) is 1. The summed E-state index contributed by atoms with van der Waals surface area (Å²) in [7, 11) is 1.76. The largest absolute Gasteiger partial charge is 0.388 e. The zero-order chi connectivity index (χ0) is 12.8. The van der Waals surface area contributed by atoms with Gasteiger partial charge in [-0.2, -0.15) is 0 Å². The number of nitrogens with zero attached hydrogens (tertiary/aromatic N) is 2. The number of pyridine rings is 1. The Kier molecular flexibility index (Phi) is 4.84. The molecule has 1 aromatic heterocycles. The van der Waals surface area contributed by atoms with Crippen molar-refractivity contribution < 1.29 is 4.79 Å². The van der Waals surface area contributed by atoms with Crippen LogP contribution in [0, 0.1) is 0 Å². The van der Waals surface area contributed by atoms with E-state index < -0.39 is 0 Å². The van der Waals surface area contributed by atoms with Crippen LogP contribution in [0.2, 0.25) is 0 Å². The number of amides is 1. The summed E-state index contributed by atoms with van der Waals surface area (Å²) in [5.41, 5.74) is 6.80. The van der Waals surface area contributed by atoms with Crippen molar-refractivity contribution in [2.24, 2.45) is 5.73 Å². The summed E-state index contributed by atoms with van der Waals surface area (Å²) in [4.78, 5) is 17.5. The second-order valence-electron chi connectivity index (χ2n) is 3.56. The van der Waals surface area contributed by atoms with Gasteiger partial charge in [0.2, 0.25) is 5.91 Å². The molecule has 6 heteroatoms. The maximum atomic E-state index is 11.6. The monoisotopic (exact) mass is 252 g/mol. The minimum atomic E-state index is 0.0289. The molecule has 5 nitrogen and oxygen atoms in total. The molecule has 0 fully saturated rings. The van der Waals surface area contributed by atoms with Gasteiger partial charge in [0.1, 0.15) is 4.99 Å². The number of carbonyl (C=O) groups is 1. The molecule has 1 heterocycles. The molecule has 0 unspecified atom stereocenters. The van der Waals surface area contributed by atoms with E-state index >= 15 is 0 Å². The van der Waals surface area contributed by atoms with Crippen molar-refractivity contribution in [3.8, 4) is 0 Å². The second kappa shape index (κ2) is 6.15. The van der Waals surface area contributed by atoms with E-state index in [1.165, 1.54) is 0 Å². The van der Waals surface area contributed by atoms with Crippen molar-refractivity contribution in [2.45, 2.75) is 6.92 Å². The van der Waals surface area contributed by atoms with Gasteiger partial charge in [-0.1, -0.05) is 12.2 Å². The van der Waals surface area contributed by atoms with E-state index in [9.17, 15) is 4.79 Å². The standard InChI is InChI=1S/C11H16N4OS/c1-3-15(2)10(16)7-14-8-4-5-13-9(6-8)11(12)17/h4-6H,3,7H2,1-2H3,(H2,12,17)(H,13,14). The number of likely N-dealkylation sites (N-methyl/N-ethyl adjacent to an activating group) is 1. The second-order valence-corrected chi connectivity index (χ2v) is 4.00. The van der Waals surface area contributed by atoms with Gasteiger partial charge in [-0.3, -0.25) is 9.78 Å². The molecule has 0 atom stereocenters. The van der Waals surface area contributed by atoms with Crippen molar-refractivity contribution in [3.05, 3.63) is 24.0 Å². The lowest BCUT2D eigenvalue weighted by Crippen LogP contribution is -2.31. The lowest BCUT2D eigenvalue weighted by molar-refractivity contribution is -0.127. The quantitative estimate of drug-likeness (QED) is 0.751. The Hall–Kier alpha value is -1.69. The molecule has 17 heavy (non-hydrogen) atoms. The number of carbonyl (C=O) groups excluding carboxylic acids is 1. The Bertz CT molecular complexity index is 422. The smallest absolute Gasteiger partial charge is 0.241 e. The Morgan fingerprint density at radius 2 is 2.35 bits per heavy atom. The third-order valence-electron chi connectivity index (χ3n) is 2.36. The highest BCUT2D eigenvalue weighted by Crippen LogP contribution is 2.07. The SMILES string of the molecule is CCN(C)C(=O)CNc1ccnc(C(N)=S)c1. The molecule has 0 bridgehead atoms. The molecule has 0 aliphatic rings. The summed E-state index contributed by atoms with van der Waals surface area (Å²) < 4.78 is 0.